The van der Waals surface area contributed by atoms with Crippen LogP contribution < -0.4 is 11.1 Å². The summed E-state index contributed by atoms with van der Waals surface area (Å²) in [5, 5.41) is 2.27. The molecule has 0 bridgehead atoms. The number of guanidine groups is 1. The summed E-state index contributed by atoms with van der Waals surface area (Å²) in [5.74, 6) is -0.290. The number of alkyl halides is 3. The molecule has 8 heteroatoms. The van der Waals surface area contributed by atoms with Crippen LogP contribution in [-0.2, 0) is 0 Å². The van der Waals surface area contributed by atoms with Gasteiger partial charge in [-0.1, -0.05) is 0 Å². The molecule has 13 heavy (non-hydrogen) atoms. The van der Waals surface area contributed by atoms with Crippen molar-refractivity contribution in [3.05, 3.63) is 0 Å². The SMILES string of the molecule is CSC1(C(F)(F)F)N=CNC(N)=N1. The zero-order valence-electron chi connectivity index (χ0n) is 6.59. The van der Waals surface area contributed by atoms with E-state index in [1.165, 1.54) is 6.26 Å². The lowest BCUT2D eigenvalue weighted by atomic mass is 10.5. The van der Waals surface area contributed by atoms with Crippen LogP contribution in [0.5, 0.6) is 0 Å². The summed E-state index contributed by atoms with van der Waals surface area (Å²) in [4.78, 5) is 3.98. The number of nitrogens with two attached hydrogens (primary N) is 1. The standard InChI is InChI=1S/C5H7F3N4S/c1-13-5(4(6,7)8)11-2-10-3(9)12-5/h2H,1H3,(H3,9,10,11,12). The minimum atomic E-state index is -4.55. The van der Waals surface area contributed by atoms with Crippen LogP contribution in [0.15, 0.2) is 9.98 Å². The molecule has 0 aromatic carbocycles. The molecule has 1 heterocycles. The summed E-state index contributed by atoms with van der Waals surface area (Å²) in [6.45, 7) is 0. The first-order chi connectivity index (χ1) is 5.91. The first-order valence-electron chi connectivity index (χ1n) is 3.19. The predicted octanol–water partition coefficient (Wildman–Crippen LogP) is 0.512. The highest BCUT2D eigenvalue weighted by atomic mass is 32.2. The van der Waals surface area contributed by atoms with Gasteiger partial charge in [0.15, 0.2) is 5.96 Å². The molecular weight excluding hydrogens is 205 g/mol. The Hall–Kier alpha value is -0.920. The van der Waals surface area contributed by atoms with Gasteiger partial charge in [0.25, 0.3) is 4.99 Å². The second-order valence-electron chi connectivity index (χ2n) is 2.21. The van der Waals surface area contributed by atoms with Gasteiger partial charge in [0.1, 0.15) is 0 Å². The Labute approximate surface area is 76.5 Å². The fourth-order valence-corrected chi connectivity index (χ4v) is 1.34. The number of thioether (sulfide) groups is 1. The van der Waals surface area contributed by atoms with Gasteiger partial charge in [0.2, 0.25) is 0 Å². The monoisotopic (exact) mass is 212 g/mol. The van der Waals surface area contributed by atoms with Crippen LogP contribution in [0.3, 0.4) is 0 Å². The van der Waals surface area contributed by atoms with Crippen molar-refractivity contribution in [2.75, 3.05) is 6.26 Å². The zero-order valence-corrected chi connectivity index (χ0v) is 7.41. The third kappa shape index (κ3) is 1.71. The summed E-state index contributed by atoms with van der Waals surface area (Å²) in [6, 6.07) is 0. The van der Waals surface area contributed by atoms with Gasteiger partial charge < -0.3 is 11.1 Å². The van der Waals surface area contributed by atoms with Crippen molar-refractivity contribution in [2.45, 2.75) is 11.2 Å². The maximum atomic E-state index is 12.4. The number of rotatable bonds is 1. The lowest BCUT2D eigenvalue weighted by molar-refractivity contribution is -0.155. The average Bonchev–Trinajstić information content (AvgIpc) is 2.02. The van der Waals surface area contributed by atoms with E-state index in [-0.39, 0.29) is 5.96 Å². The van der Waals surface area contributed by atoms with E-state index in [0.29, 0.717) is 11.8 Å². The quantitative estimate of drug-likeness (QED) is 0.665. The van der Waals surface area contributed by atoms with Crippen molar-refractivity contribution in [1.29, 1.82) is 0 Å². The number of nitrogens with one attached hydrogen (secondary N) is 1. The average molecular weight is 212 g/mol. The molecule has 1 atom stereocenters. The molecular formula is C5H7F3N4S. The predicted molar refractivity (Wildman–Crippen MR) is 45.6 cm³/mol. The summed E-state index contributed by atoms with van der Waals surface area (Å²) in [5.41, 5.74) is 5.12. The van der Waals surface area contributed by atoms with Crippen molar-refractivity contribution in [3.63, 3.8) is 0 Å². The Morgan fingerprint density at radius 1 is 1.62 bits per heavy atom. The fraction of sp³-hybridized carbons (Fsp3) is 0.600. The molecule has 0 aliphatic carbocycles. The summed E-state index contributed by atoms with van der Waals surface area (Å²) in [6.07, 6.45) is -2.38. The third-order valence-corrected chi connectivity index (χ3v) is 2.38. The minimum Gasteiger partial charge on any atom is -0.370 e. The molecule has 0 amide bonds. The molecule has 0 spiro atoms. The number of nitrogens with zero attached hydrogens (tertiary/aromatic N) is 2. The molecule has 0 fully saturated rings. The van der Waals surface area contributed by atoms with Crippen molar-refractivity contribution in [3.8, 4) is 0 Å². The molecule has 0 aromatic heterocycles. The molecule has 1 aliphatic rings. The fourth-order valence-electron chi connectivity index (χ4n) is 0.761. The maximum absolute atomic E-state index is 12.4. The van der Waals surface area contributed by atoms with Crippen LogP contribution in [0.4, 0.5) is 13.2 Å². The highest BCUT2D eigenvalue weighted by Gasteiger charge is 2.56. The Bertz CT molecular complexity index is 261. The van der Waals surface area contributed by atoms with Crippen LogP contribution in [0.2, 0.25) is 0 Å². The van der Waals surface area contributed by atoms with Crippen LogP contribution in [-0.4, -0.2) is 29.7 Å². The van der Waals surface area contributed by atoms with E-state index >= 15 is 0 Å². The van der Waals surface area contributed by atoms with E-state index in [1.54, 1.807) is 0 Å². The Morgan fingerprint density at radius 2 is 2.23 bits per heavy atom. The Kier molecular flexibility index (Phi) is 2.42. The van der Waals surface area contributed by atoms with Gasteiger partial charge in [-0.2, -0.15) is 13.2 Å². The summed E-state index contributed by atoms with van der Waals surface area (Å²) < 4.78 is 37.3. The molecule has 74 valence electrons. The van der Waals surface area contributed by atoms with E-state index in [9.17, 15) is 13.2 Å². The second kappa shape index (κ2) is 3.09. The lowest BCUT2D eigenvalue weighted by Crippen LogP contribution is -2.47. The van der Waals surface area contributed by atoms with Crippen molar-refractivity contribution in [1.82, 2.24) is 5.32 Å². The summed E-state index contributed by atoms with van der Waals surface area (Å²) in [7, 11) is 0. The molecule has 1 aliphatic heterocycles. The van der Waals surface area contributed by atoms with Gasteiger partial charge in [-0.25, -0.2) is 9.98 Å². The van der Waals surface area contributed by atoms with Crippen LogP contribution >= 0.6 is 11.8 Å². The Balaban J connectivity index is 3.06. The first-order valence-corrected chi connectivity index (χ1v) is 4.41. The maximum Gasteiger partial charge on any atom is 0.444 e. The van der Waals surface area contributed by atoms with Gasteiger partial charge in [-0.15, -0.1) is 11.8 Å². The second-order valence-corrected chi connectivity index (χ2v) is 3.19. The van der Waals surface area contributed by atoms with E-state index in [4.69, 9.17) is 5.73 Å². The van der Waals surface area contributed by atoms with Crippen molar-refractivity contribution < 1.29 is 13.2 Å². The normalized spacial score (nSPS) is 28.2. The molecule has 0 radical (unpaired) electrons. The molecule has 1 unspecified atom stereocenters. The number of aliphatic imine (C=N–C) groups is 2. The molecule has 3 N–H and O–H groups in total. The highest BCUT2D eigenvalue weighted by Crippen LogP contribution is 2.42. The van der Waals surface area contributed by atoms with Gasteiger partial charge >= 0.3 is 6.18 Å². The molecule has 0 aromatic rings. The van der Waals surface area contributed by atoms with E-state index in [0.717, 1.165) is 6.34 Å². The van der Waals surface area contributed by atoms with Gasteiger partial charge in [-0.05, 0) is 6.26 Å². The van der Waals surface area contributed by atoms with Gasteiger partial charge in [0.05, 0.1) is 6.34 Å². The molecule has 0 saturated heterocycles. The molecule has 1 rings (SSSR count). The number of halogens is 3. The lowest BCUT2D eigenvalue weighted by Gasteiger charge is -2.28. The van der Waals surface area contributed by atoms with Crippen LogP contribution in [0.1, 0.15) is 0 Å². The van der Waals surface area contributed by atoms with E-state index < -0.39 is 11.2 Å². The topological polar surface area (TPSA) is 62.8 Å². The van der Waals surface area contributed by atoms with Crippen molar-refractivity contribution >= 4 is 24.1 Å². The van der Waals surface area contributed by atoms with Crippen molar-refractivity contribution in [2.24, 2.45) is 15.7 Å². The molecule has 0 saturated carbocycles. The third-order valence-electron chi connectivity index (χ3n) is 1.38. The van der Waals surface area contributed by atoms with Gasteiger partial charge in [-0.3, -0.25) is 0 Å². The zero-order chi connectivity index (χ0) is 10.1. The highest BCUT2D eigenvalue weighted by molar-refractivity contribution is 8.00. The van der Waals surface area contributed by atoms with E-state index in [2.05, 4.69) is 15.3 Å². The van der Waals surface area contributed by atoms with Crippen LogP contribution in [0, 0.1) is 0 Å². The van der Waals surface area contributed by atoms with Crippen LogP contribution in [0.25, 0.3) is 0 Å². The minimum absolute atomic E-state index is 0.290. The Morgan fingerprint density at radius 3 is 2.54 bits per heavy atom. The largest absolute Gasteiger partial charge is 0.444 e. The molecule has 4 nitrogen and oxygen atoms in total. The summed E-state index contributed by atoms with van der Waals surface area (Å²) >= 11 is 0.473. The number of hydrogen-bond acceptors (Lipinski definition) is 5. The smallest absolute Gasteiger partial charge is 0.370 e. The van der Waals surface area contributed by atoms with Gasteiger partial charge in [0, 0.05) is 0 Å². The number of hydrogen-bond donors (Lipinski definition) is 2. The first kappa shape index (κ1) is 10.2. The van der Waals surface area contributed by atoms with E-state index in [1.807, 2.05) is 0 Å².